The van der Waals surface area contributed by atoms with Crippen molar-refractivity contribution in [2.45, 2.75) is 52.3 Å². The molecule has 1 N–H and O–H groups in total. The van der Waals surface area contributed by atoms with Crippen LogP contribution in [0.5, 0.6) is 0 Å². The Labute approximate surface area is 145 Å². The highest BCUT2D eigenvalue weighted by Gasteiger charge is 2.37. The predicted octanol–water partition coefficient (Wildman–Crippen LogP) is 1.26. The molecule has 0 spiro atoms. The van der Waals surface area contributed by atoms with Crippen molar-refractivity contribution in [3.05, 3.63) is 41.6 Å². The van der Waals surface area contributed by atoms with Crippen LogP contribution in [0.3, 0.4) is 0 Å². The molecular weight excluding hydrogens is 366 g/mol. The van der Waals surface area contributed by atoms with Crippen molar-refractivity contribution in [2.75, 3.05) is 0 Å². The van der Waals surface area contributed by atoms with Crippen molar-refractivity contribution in [3.63, 3.8) is 0 Å². The quantitative estimate of drug-likeness (QED) is 0.793. The summed E-state index contributed by atoms with van der Waals surface area (Å²) >= 11 is 0. The van der Waals surface area contributed by atoms with Crippen LogP contribution in [0.4, 0.5) is 0 Å². The molecule has 1 fully saturated rings. The fraction of sp³-hybridized carbons (Fsp3) is 0.400. The van der Waals surface area contributed by atoms with Crippen molar-refractivity contribution in [3.8, 4) is 0 Å². The number of hydrogen-bond donors (Lipinski definition) is 1. The van der Waals surface area contributed by atoms with Crippen molar-refractivity contribution in [1.82, 2.24) is 10.1 Å². The van der Waals surface area contributed by atoms with Crippen LogP contribution in [-0.4, -0.2) is 32.2 Å². The van der Waals surface area contributed by atoms with E-state index in [4.69, 9.17) is 0 Å². The van der Waals surface area contributed by atoms with Gasteiger partial charge in [-0.2, -0.15) is 0 Å². The summed E-state index contributed by atoms with van der Waals surface area (Å²) in [6.07, 6.45) is 6.26. The number of aromatic nitrogens is 3. The molecule has 3 rings (SSSR count). The van der Waals surface area contributed by atoms with Crippen LogP contribution >= 0.6 is 0 Å². The van der Waals surface area contributed by atoms with E-state index < -0.39 is 30.0 Å². The first kappa shape index (κ1) is 17.7. The summed E-state index contributed by atoms with van der Waals surface area (Å²) in [6.45, 7) is 0. The molecule has 0 amide bonds. The van der Waals surface area contributed by atoms with Gasteiger partial charge in [0.2, 0.25) is 19.7 Å². The first-order valence-corrected chi connectivity index (χ1v) is 10.9. The molecule has 25 heavy (non-hydrogen) atoms. The third-order valence-electron chi connectivity index (χ3n) is 4.32. The third-order valence-corrected chi connectivity index (χ3v) is 8.25. The van der Waals surface area contributed by atoms with E-state index in [1.54, 1.807) is 0 Å². The van der Waals surface area contributed by atoms with Crippen LogP contribution < -0.4 is 4.54 Å². The lowest BCUT2D eigenvalue weighted by atomic mass is 10.0. The molecular formula is C15H18N3O5S2+. The first-order chi connectivity index (χ1) is 11.8. The molecule has 0 aromatic carbocycles. The van der Waals surface area contributed by atoms with Crippen LogP contribution in [0.25, 0.3) is 0 Å². The highest BCUT2D eigenvalue weighted by Crippen LogP contribution is 2.27. The topological polar surface area (TPSA) is 120 Å². The summed E-state index contributed by atoms with van der Waals surface area (Å²) in [4.78, 5) is 15.9. The number of sulfone groups is 2. The summed E-state index contributed by atoms with van der Waals surface area (Å²) < 4.78 is 50.3. The standard InChI is InChI=1S/C15H18N3O5S2/c19-18-15(25(22,23)12-4-2-1-3-5-12)7-6-14(17-18)24(20,21)13-8-10-16-11-9-13/h6-12H,1-5H2,(H,17,19)/q+1. The lowest BCUT2D eigenvalue weighted by Gasteiger charge is -2.18. The Bertz CT molecular complexity index is 1020. The molecule has 2 aromatic heterocycles. The largest absolute Gasteiger partial charge is 0.382 e. The number of nitrogens with one attached hydrogen (secondary N) is 1. The molecule has 1 saturated carbocycles. The first-order valence-electron chi connectivity index (χ1n) is 7.88. The Hall–Kier alpha value is -2.07. The normalized spacial score (nSPS) is 16.6. The molecule has 0 atom stereocenters. The maximum Gasteiger partial charge on any atom is 0.382 e. The average molecular weight is 384 g/mol. The lowest BCUT2D eigenvalue weighted by Crippen LogP contribution is -2.35. The smallest absolute Gasteiger partial charge is 0.265 e. The van der Waals surface area contributed by atoms with Crippen LogP contribution in [0.2, 0.25) is 0 Å². The van der Waals surface area contributed by atoms with Gasteiger partial charge in [0.25, 0.3) is 0 Å². The van der Waals surface area contributed by atoms with Crippen LogP contribution in [0.1, 0.15) is 32.1 Å². The zero-order valence-corrected chi connectivity index (χ0v) is 15.0. The van der Waals surface area contributed by atoms with Crippen molar-refractivity contribution < 1.29 is 21.4 Å². The van der Waals surface area contributed by atoms with E-state index in [0.717, 1.165) is 31.4 Å². The van der Waals surface area contributed by atoms with E-state index in [9.17, 15) is 21.7 Å². The summed E-state index contributed by atoms with van der Waals surface area (Å²) in [6, 6.07) is 4.76. The van der Waals surface area contributed by atoms with Gasteiger partial charge in [-0.1, -0.05) is 19.3 Å². The summed E-state index contributed by atoms with van der Waals surface area (Å²) in [5, 5.41) is 0.705. The summed E-state index contributed by atoms with van der Waals surface area (Å²) in [5.74, 6) is 0. The number of pyridine rings is 1. The Morgan fingerprint density at radius 1 is 0.960 bits per heavy atom. The number of hydrogen-bond acceptors (Lipinski definition) is 6. The molecule has 10 heteroatoms. The molecule has 0 unspecified atom stereocenters. The minimum absolute atomic E-state index is 0.0258. The fourth-order valence-corrected chi connectivity index (χ4v) is 5.97. The molecule has 1 aliphatic rings. The van der Waals surface area contributed by atoms with Gasteiger partial charge in [0.15, 0.2) is 9.57 Å². The molecule has 0 saturated heterocycles. The highest BCUT2D eigenvalue weighted by atomic mass is 32.2. The molecule has 2 heterocycles. The second-order valence-electron chi connectivity index (χ2n) is 5.93. The van der Waals surface area contributed by atoms with Crippen LogP contribution in [0, 0.1) is 4.91 Å². The minimum Gasteiger partial charge on any atom is -0.265 e. The molecule has 1 aliphatic carbocycles. The number of nitrogens with zero attached hydrogens (tertiary/aromatic N) is 2. The van der Waals surface area contributed by atoms with E-state index in [1.807, 2.05) is 0 Å². The monoisotopic (exact) mass is 384 g/mol. The summed E-state index contributed by atoms with van der Waals surface area (Å²) in [5.41, 5.74) is 0. The van der Waals surface area contributed by atoms with Gasteiger partial charge in [-0.25, -0.2) is 16.8 Å². The van der Waals surface area contributed by atoms with Gasteiger partial charge in [0, 0.05) is 18.5 Å². The Morgan fingerprint density at radius 3 is 2.20 bits per heavy atom. The van der Waals surface area contributed by atoms with E-state index in [0.29, 0.717) is 12.8 Å². The number of rotatable bonds is 4. The highest BCUT2D eigenvalue weighted by molar-refractivity contribution is 7.92. The van der Waals surface area contributed by atoms with E-state index in [1.165, 1.54) is 24.5 Å². The molecule has 0 radical (unpaired) electrons. The zero-order valence-electron chi connectivity index (χ0n) is 13.3. The fourth-order valence-electron chi connectivity index (χ4n) is 2.96. The van der Waals surface area contributed by atoms with Gasteiger partial charge < -0.3 is 0 Å². The Morgan fingerprint density at radius 2 is 1.60 bits per heavy atom. The van der Waals surface area contributed by atoms with Gasteiger partial charge >= 0.3 is 5.03 Å². The van der Waals surface area contributed by atoms with E-state index in [-0.39, 0.29) is 14.5 Å². The lowest BCUT2D eigenvalue weighted by molar-refractivity contribution is -0.610. The second kappa shape index (κ2) is 6.68. The second-order valence-corrected chi connectivity index (χ2v) is 10.0. The van der Waals surface area contributed by atoms with Gasteiger partial charge in [-0.15, -0.1) is 5.10 Å². The number of aromatic amines is 1. The Kier molecular flexibility index (Phi) is 4.74. The van der Waals surface area contributed by atoms with Crippen LogP contribution in [-0.2, 0) is 19.7 Å². The van der Waals surface area contributed by atoms with Crippen LogP contribution in [0.15, 0.2) is 51.6 Å². The van der Waals surface area contributed by atoms with Crippen molar-refractivity contribution in [2.24, 2.45) is 0 Å². The average Bonchev–Trinajstić information content (AvgIpc) is 2.63. The van der Waals surface area contributed by atoms with E-state index >= 15 is 0 Å². The van der Waals surface area contributed by atoms with E-state index in [2.05, 4.69) is 10.1 Å². The maximum absolute atomic E-state index is 12.6. The van der Waals surface area contributed by atoms with Gasteiger partial charge in [-0.3, -0.25) is 4.98 Å². The molecule has 8 nitrogen and oxygen atoms in total. The van der Waals surface area contributed by atoms with Crippen molar-refractivity contribution in [1.29, 1.82) is 0 Å². The minimum atomic E-state index is -3.96. The van der Waals surface area contributed by atoms with Gasteiger partial charge in [0.1, 0.15) is 0 Å². The van der Waals surface area contributed by atoms with Gasteiger partial charge in [-0.05, 0) is 31.0 Å². The molecule has 2 aromatic rings. The maximum atomic E-state index is 12.6. The molecule has 134 valence electrons. The SMILES string of the molecule is O=[n+]1[nH]c(S(=O)(=O)c2ccncc2)ccc1S(=O)(=O)C1CCCCC1. The molecule has 0 aliphatic heterocycles. The van der Waals surface area contributed by atoms with Crippen molar-refractivity contribution >= 4 is 19.7 Å². The number of H-pyrrole nitrogens is 1. The third kappa shape index (κ3) is 3.36. The predicted molar refractivity (Wildman–Crippen MR) is 87.9 cm³/mol. The molecule has 0 bridgehead atoms. The zero-order chi connectivity index (χ0) is 18.1. The Balaban J connectivity index is 2.01. The summed E-state index contributed by atoms with van der Waals surface area (Å²) in [7, 11) is -7.77. The van der Waals surface area contributed by atoms with Gasteiger partial charge in [0.05, 0.1) is 15.1 Å².